The molecule has 2 rings (SSSR count). The molecule has 0 bridgehead atoms. The van der Waals surface area contributed by atoms with Crippen LogP contribution in [0.4, 0.5) is 0 Å². The van der Waals surface area contributed by atoms with Crippen LogP contribution in [0.3, 0.4) is 0 Å². The number of aryl methyl sites for hydroxylation is 1. The number of rotatable bonds is 5. The van der Waals surface area contributed by atoms with Crippen LogP contribution in [0, 0.1) is 0 Å². The first-order valence-electron chi connectivity index (χ1n) is 6.08. The van der Waals surface area contributed by atoms with E-state index in [1.54, 1.807) is 14.2 Å². The van der Waals surface area contributed by atoms with E-state index in [-0.39, 0.29) is 0 Å². The molecule has 17 heavy (non-hydrogen) atoms. The van der Waals surface area contributed by atoms with Gasteiger partial charge in [0.05, 0.1) is 12.7 Å². The van der Waals surface area contributed by atoms with Crippen molar-refractivity contribution in [3.05, 3.63) is 29.3 Å². The highest BCUT2D eigenvalue weighted by atomic mass is 16.5. The molecule has 1 atom stereocenters. The fraction of sp³-hybridized carbons (Fsp3) is 0.571. The van der Waals surface area contributed by atoms with Crippen molar-refractivity contribution >= 4 is 0 Å². The van der Waals surface area contributed by atoms with Gasteiger partial charge in [0.2, 0.25) is 0 Å². The van der Waals surface area contributed by atoms with E-state index in [4.69, 9.17) is 9.47 Å². The van der Waals surface area contributed by atoms with Crippen LogP contribution in [0.2, 0.25) is 0 Å². The van der Waals surface area contributed by atoms with Gasteiger partial charge in [-0.15, -0.1) is 0 Å². The van der Waals surface area contributed by atoms with E-state index in [2.05, 4.69) is 6.07 Å². The van der Waals surface area contributed by atoms with Crippen LogP contribution >= 0.6 is 0 Å². The molecule has 1 aromatic rings. The van der Waals surface area contributed by atoms with Crippen LogP contribution < -0.4 is 4.74 Å². The molecule has 3 nitrogen and oxygen atoms in total. The van der Waals surface area contributed by atoms with E-state index in [0.29, 0.717) is 6.61 Å². The van der Waals surface area contributed by atoms with E-state index in [1.165, 1.54) is 5.56 Å². The summed E-state index contributed by atoms with van der Waals surface area (Å²) >= 11 is 0. The van der Waals surface area contributed by atoms with Crippen molar-refractivity contribution in [2.75, 3.05) is 20.8 Å². The normalized spacial score (nSPS) is 22.5. The molecule has 1 aliphatic rings. The molecule has 0 amide bonds. The number of hydrogen-bond acceptors (Lipinski definition) is 3. The Kier molecular flexibility index (Phi) is 3.69. The van der Waals surface area contributed by atoms with Crippen molar-refractivity contribution in [3.8, 4) is 5.75 Å². The lowest BCUT2D eigenvalue weighted by atomic mass is 9.91. The number of fused-ring (bicyclic) bond motifs is 1. The minimum absolute atomic E-state index is 0.692. The summed E-state index contributed by atoms with van der Waals surface area (Å²) in [6.45, 7) is 0.696. The highest BCUT2D eigenvalue weighted by Crippen LogP contribution is 2.41. The molecule has 0 fully saturated rings. The summed E-state index contributed by atoms with van der Waals surface area (Å²) < 4.78 is 10.3. The first-order valence-corrected chi connectivity index (χ1v) is 6.08. The van der Waals surface area contributed by atoms with E-state index in [9.17, 15) is 5.11 Å². The molecule has 0 radical (unpaired) electrons. The minimum Gasteiger partial charge on any atom is -0.497 e. The topological polar surface area (TPSA) is 38.7 Å². The average Bonchev–Trinajstić information content (AvgIpc) is 2.67. The molecule has 1 aromatic carbocycles. The van der Waals surface area contributed by atoms with Gasteiger partial charge in [-0.3, -0.25) is 0 Å². The first kappa shape index (κ1) is 12.4. The molecule has 3 heteroatoms. The van der Waals surface area contributed by atoms with Gasteiger partial charge in [-0.1, -0.05) is 6.07 Å². The highest BCUT2D eigenvalue weighted by Gasteiger charge is 2.36. The van der Waals surface area contributed by atoms with Gasteiger partial charge in [0.15, 0.2) is 0 Å². The van der Waals surface area contributed by atoms with Gasteiger partial charge < -0.3 is 14.6 Å². The van der Waals surface area contributed by atoms with E-state index < -0.39 is 5.60 Å². The maximum Gasteiger partial charge on any atom is 0.119 e. The summed E-state index contributed by atoms with van der Waals surface area (Å²) in [6.07, 6.45) is 3.38. The second-order valence-electron chi connectivity index (χ2n) is 4.65. The molecular formula is C14H20O3. The lowest BCUT2D eigenvalue weighted by Crippen LogP contribution is -2.22. The van der Waals surface area contributed by atoms with Crippen LogP contribution in [0.15, 0.2) is 18.2 Å². The summed E-state index contributed by atoms with van der Waals surface area (Å²) in [5, 5.41) is 10.7. The third-order valence-corrected chi connectivity index (χ3v) is 3.57. The molecule has 0 spiro atoms. The predicted octanol–water partition coefficient (Wildman–Crippen LogP) is 2.26. The molecule has 0 saturated carbocycles. The molecule has 1 N–H and O–H groups in total. The van der Waals surface area contributed by atoms with Gasteiger partial charge in [0, 0.05) is 13.7 Å². The van der Waals surface area contributed by atoms with Gasteiger partial charge >= 0.3 is 0 Å². The molecule has 1 unspecified atom stereocenters. The maximum absolute atomic E-state index is 10.7. The van der Waals surface area contributed by atoms with Gasteiger partial charge in [0.1, 0.15) is 5.75 Å². The van der Waals surface area contributed by atoms with E-state index in [0.717, 1.165) is 37.0 Å². The molecular weight excluding hydrogens is 216 g/mol. The fourth-order valence-electron chi connectivity index (χ4n) is 2.58. The third-order valence-electron chi connectivity index (χ3n) is 3.57. The summed E-state index contributed by atoms with van der Waals surface area (Å²) in [6, 6.07) is 5.98. The Balaban J connectivity index is 2.18. The zero-order valence-electron chi connectivity index (χ0n) is 10.5. The van der Waals surface area contributed by atoms with Crippen LogP contribution in [0.1, 0.15) is 30.4 Å². The number of benzene rings is 1. The van der Waals surface area contributed by atoms with Gasteiger partial charge in [0.25, 0.3) is 0 Å². The Morgan fingerprint density at radius 3 is 2.88 bits per heavy atom. The predicted molar refractivity (Wildman–Crippen MR) is 66.3 cm³/mol. The van der Waals surface area contributed by atoms with Crippen LogP contribution in [-0.2, 0) is 16.8 Å². The zero-order valence-corrected chi connectivity index (χ0v) is 10.5. The van der Waals surface area contributed by atoms with Crippen molar-refractivity contribution < 1.29 is 14.6 Å². The Bertz CT molecular complexity index is 389. The first-order chi connectivity index (χ1) is 8.19. The Morgan fingerprint density at radius 2 is 2.18 bits per heavy atom. The van der Waals surface area contributed by atoms with Crippen molar-refractivity contribution in [1.82, 2.24) is 0 Å². The van der Waals surface area contributed by atoms with Crippen molar-refractivity contribution in [2.24, 2.45) is 0 Å². The molecule has 0 saturated heterocycles. The number of ether oxygens (including phenoxy) is 2. The second kappa shape index (κ2) is 5.07. The molecule has 1 aliphatic carbocycles. The summed E-state index contributed by atoms with van der Waals surface area (Å²) in [5.74, 6) is 0.816. The number of hydrogen-bond donors (Lipinski definition) is 1. The highest BCUT2D eigenvalue weighted by molar-refractivity contribution is 5.42. The lowest BCUT2D eigenvalue weighted by molar-refractivity contribution is 0.0203. The molecule has 0 aliphatic heterocycles. The summed E-state index contributed by atoms with van der Waals surface area (Å²) in [4.78, 5) is 0. The van der Waals surface area contributed by atoms with Gasteiger partial charge in [-0.05, 0) is 48.9 Å². The largest absolute Gasteiger partial charge is 0.497 e. The van der Waals surface area contributed by atoms with E-state index >= 15 is 0 Å². The number of methoxy groups -OCH3 is 2. The van der Waals surface area contributed by atoms with Crippen molar-refractivity contribution in [3.63, 3.8) is 0 Å². The van der Waals surface area contributed by atoms with Gasteiger partial charge in [-0.2, -0.15) is 0 Å². The third kappa shape index (κ3) is 2.45. The quantitative estimate of drug-likeness (QED) is 0.797. The standard InChI is InChI=1S/C14H20O3/c1-16-9-3-7-14(15)8-6-11-4-5-12(17-2)10-13(11)14/h4-5,10,15H,3,6-9H2,1-2H3. The van der Waals surface area contributed by atoms with E-state index in [1.807, 2.05) is 12.1 Å². The molecule has 94 valence electrons. The Hall–Kier alpha value is -1.06. The maximum atomic E-state index is 10.7. The monoisotopic (exact) mass is 236 g/mol. The zero-order chi connectivity index (χ0) is 12.3. The second-order valence-corrected chi connectivity index (χ2v) is 4.65. The average molecular weight is 236 g/mol. The molecule has 0 aromatic heterocycles. The van der Waals surface area contributed by atoms with Gasteiger partial charge in [-0.25, -0.2) is 0 Å². The van der Waals surface area contributed by atoms with Crippen molar-refractivity contribution in [2.45, 2.75) is 31.3 Å². The van der Waals surface area contributed by atoms with Crippen LogP contribution in [0.25, 0.3) is 0 Å². The van der Waals surface area contributed by atoms with Crippen LogP contribution in [0.5, 0.6) is 5.75 Å². The summed E-state index contributed by atoms with van der Waals surface area (Å²) in [7, 11) is 3.34. The summed E-state index contributed by atoms with van der Waals surface area (Å²) in [5.41, 5.74) is 1.58. The smallest absolute Gasteiger partial charge is 0.119 e. The lowest BCUT2D eigenvalue weighted by Gasteiger charge is -2.24. The fourth-order valence-corrected chi connectivity index (χ4v) is 2.58. The molecule has 0 heterocycles. The van der Waals surface area contributed by atoms with Crippen molar-refractivity contribution in [1.29, 1.82) is 0 Å². The minimum atomic E-state index is -0.692. The van der Waals surface area contributed by atoms with Crippen LogP contribution in [-0.4, -0.2) is 25.9 Å². The Labute approximate surface area is 102 Å². The SMILES string of the molecule is COCCCC1(O)CCc2ccc(OC)cc21. The Morgan fingerprint density at radius 1 is 1.35 bits per heavy atom. The number of aliphatic hydroxyl groups is 1.